The fourth-order valence-corrected chi connectivity index (χ4v) is 1.79. The van der Waals surface area contributed by atoms with Crippen molar-refractivity contribution < 1.29 is 23.1 Å². The molecule has 98 valence electrons. The number of benzene rings is 1. The first-order chi connectivity index (χ1) is 8.54. The molecule has 0 atom stereocenters. The molecule has 1 aliphatic carbocycles. The number of aliphatic hydroxyl groups is 1. The lowest BCUT2D eigenvalue weighted by atomic mass is 10.1. The third-order valence-electron chi connectivity index (χ3n) is 2.82. The van der Waals surface area contributed by atoms with Gasteiger partial charge in [-0.05, 0) is 25.0 Å². The van der Waals surface area contributed by atoms with Crippen LogP contribution in [0.1, 0.15) is 23.2 Å². The molecule has 2 rings (SSSR count). The number of halogens is 3. The standard InChI is InChI=1S/C12H12F3NO2/c13-9-5-7(6-10(14)11(9)15)12(18)16(3-4-17)8-1-2-8/h5-6,8,17H,1-4H2. The van der Waals surface area contributed by atoms with E-state index < -0.39 is 23.4 Å². The molecule has 6 heteroatoms. The number of carbonyl (C=O) groups is 1. The summed E-state index contributed by atoms with van der Waals surface area (Å²) in [5.41, 5.74) is -0.244. The van der Waals surface area contributed by atoms with Crippen LogP contribution in [0.5, 0.6) is 0 Å². The summed E-state index contributed by atoms with van der Waals surface area (Å²) in [7, 11) is 0. The zero-order valence-corrected chi connectivity index (χ0v) is 9.50. The summed E-state index contributed by atoms with van der Waals surface area (Å²) in [4.78, 5) is 13.3. The van der Waals surface area contributed by atoms with E-state index in [-0.39, 0.29) is 24.8 Å². The first kappa shape index (κ1) is 12.9. The average Bonchev–Trinajstić information content (AvgIpc) is 3.15. The van der Waals surface area contributed by atoms with Crippen LogP contribution in [-0.4, -0.2) is 35.1 Å². The van der Waals surface area contributed by atoms with Crippen molar-refractivity contribution >= 4 is 5.91 Å². The van der Waals surface area contributed by atoms with E-state index in [1.165, 1.54) is 4.90 Å². The van der Waals surface area contributed by atoms with Crippen molar-refractivity contribution in [2.75, 3.05) is 13.2 Å². The fraction of sp³-hybridized carbons (Fsp3) is 0.417. The van der Waals surface area contributed by atoms with Crippen LogP contribution in [0.25, 0.3) is 0 Å². The van der Waals surface area contributed by atoms with Crippen molar-refractivity contribution in [1.29, 1.82) is 0 Å². The van der Waals surface area contributed by atoms with E-state index in [1.807, 2.05) is 0 Å². The maximum absolute atomic E-state index is 13.0. The van der Waals surface area contributed by atoms with Gasteiger partial charge in [0.2, 0.25) is 0 Å². The normalized spacial score (nSPS) is 14.7. The number of hydrogen-bond donors (Lipinski definition) is 1. The molecule has 0 unspecified atom stereocenters. The van der Waals surface area contributed by atoms with Crippen molar-refractivity contribution in [2.24, 2.45) is 0 Å². The Morgan fingerprint density at radius 3 is 2.28 bits per heavy atom. The molecule has 1 aromatic carbocycles. The fourth-order valence-electron chi connectivity index (χ4n) is 1.79. The highest BCUT2D eigenvalue weighted by Gasteiger charge is 2.33. The molecule has 0 bridgehead atoms. The zero-order valence-electron chi connectivity index (χ0n) is 9.50. The van der Waals surface area contributed by atoms with Crippen molar-refractivity contribution in [3.63, 3.8) is 0 Å². The molecular formula is C12H12F3NO2. The summed E-state index contributed by atoms with van der Waals surface area (Å²) in [6.07, 6.45) is 1.61. The van der Waals surface area contributed by atoms with Gasteiger partial charge in [0, 0.05) is 18.2 Å². The highest BCUT2D eigenvalue weighted by atomic mass is 19.2. The molecule has 1 aromatic rings. The molecule has 0 aromatic heterocycles. The van der Waals surface area contributed by atoms with Gasteiger partial charge in [0.15, 0.2) is 17.5 Å². The van der Waals surface area contributed by atoms with Crippen molar-refractivity contribution in [3.05, 3.63) is 35.1 Å². The van der Waals surface area contributed by atoms with Crippen LogP contribution in [0.3, 0.4) is 0 Å². The van der Waals surface area contributed by atoms with E-state index in [9.17, 15) is 18.0 Å². The summed E-state index contributed by atoms with van der Waals surface area (Å²) in [6.45, 7) is -0.126. The van der Waals surface area contributed by atoms with Gasteiger partial charge in [-0.3, -0.25) is 4.79 Å². The lowest BCUT2D eigenvalue weighted by Gasteiger charge is -2.21. The molecule has 0 saturated heterocycles. The van der Waals surface area contributed by atoms with Gasteiger partial charge in [0.25, 0.3) is 5.91 Å². The Labute approximate surface area is 102 Å². The van der Waals surface area contributed by atoms with Gasteiger partial charge < -0.3 is 10.0 Å². The highest BCUT2D eigenvalue weighted by molar-refractivity contribution is 5.94. The SMILES string of the molecule is O=C(c1cc(F)c(F)c(F)c1)N(CCO)C1CC1. The molecule has 0 heterocycles. The number of amides is 1. The molecule has 3 nitrogen and oxygen atoms in total. The Kier molecular flexibility index (Phi) is 3.56. The highest BCUT2D eigenvalue weighted by Crippen LogP contribution is 2.28. The second-order valence-electron chi connectivity index (χ2n) is 4.21. The first-order valence-electron chi connectivity index (χ1n) is 5.61. The van der Waals surface area contributed by atoms with E-state index >= 15 is 0 Å². The topological polar surface area (TPSA) is 40.5 Å². The van der Waals surface area contributed by atoms with Gasteiger partial charge in [0.1, 0.15) is 0 Å². The van der Waals surface area contributed by atoms with E-state index in [1.54, 1.807) is 0 Å². The average molecular weight is 259 g/mol. The molecular weight excluding hydrogens is 247 g/mol. The van der Waals surface area contributed by atoms with Crippen LogP contribution in [0, 0.1) is 17.5 Å². The van der Waals surface area contributed by atoms with E-state index in [0.717, 1.165) is 12.8 Å². The molecule has 1 fully saturated rings. The summed E-state index contributed by atoms with van der Waals surface area (Å²) in [5.74, 6) is -4.97. The Morgan fingerprint density at radius 1 is 1.28 bits per heavy atom. The Morgan fingerprint density at radius 2 is 1.83 bits per heavy atom. The van der Waals surface area contributed by atoms with Crippen LogP contribution in [0.2, 0.25) is 0 Å². The van der Waals surface area contributed by atoms with Gasteiger partial charge in [-0.2, -0.15) is 0 Å². The predicted molar refractivity (Wildman–Crippen MR) is 57.5 cm³/mol. The molecule has 1 saturated carbocycles. The first-order valence-corrected chi connectivity index (χ1v) is 5.61. The van der Waals surface area contributed by atoms with Gasteiger partial charge >= 0.3 is 0 Å². The molecule has 1 amide bonds. The summed E-state index contributed by atoms with van der Waals surface area (Å²) >= 11 is 0. The van der Waals surface area contributed by atoms with Crippen LogP contribution >= 0.6 is 0 Å². The van der Waals surface area contributed by atoms with Crippen LogP contribution in [0.15, 0.2) is 12.1 Å². The lowest BCUT2D eigenvalue weighted by Crippen LogP contribution is -2.35. The summed E-state index contributed by atoms with van der Waals surface area (Å²) in [5, 5.41) is 8.86. The molecule has 1 N–H and O–H groups in total. The summed E-state index contributed by atoms with van der Waals surface area (Å²) in [6, 6.07) is 1.35. The third kappa shape index (κ3) is 2.48. The van der Waals surface area contributed by atoms with Crippen LogP contribution in [-0.2, 0) is 0 Å². The number of rotatable bonds is 4. The minimum absolute atomic E-state index is 0.000764. The molecule has 0 radical (unpaired) electrons. The Bertz CT molecular complexity index is 451. The van der Waals surface area contributed by atoms with E-state index in [4.69, 9.17) is 5.11 Å². The van der Waals surface area contributed by atoms with E-state index in [0.29, 0.717) is 12.1 Å². The van der Waals surface area contributed by atoms with Crippen LogP contribution in [0.4, 0.5) is 13.2 Å². The smallest absolute Gasteiger partial charge is 0.254 e. The van der Waals surface area contributed by atoms with Crippen molar-refractivity contribution in [1.82, 2.24) is 4.90 Å². The number of hydrogen-bond acceptors (Lipinski definition) is 2. The minimum atomic E-state index is -1.59. The lowest BCUT2D eigenvalue weighted by molar-refractivity contribution is 0.0706. The van der Waals surface area contributed by atoms with Gasteiger partial charge in [-0.25, -0.2) is 13.2 Å². The second kappa shape index (κ2) is 4.97. The number of aliphatic hydroxyl groups excluding tert-OH is 1. The third-order valence-corrected chi connectivity index (χ3v) is 2.82. The van der Waals surface area contributed by atoms with Gasteiger partial charge in [-0.15, -0.1) is 0 Å². The Balaban J connectivity index is 2.26. The zero-order chi connectivity index (χ0) is 13.3. The molecule has 1 aliphatic rings. The van der Waals surface area contributed by atoms with Crippen LogP contribution < -0.4 is 0 Å². The predicted octanol–water partition coefficient (Wildman–Crippen LogP) is 1.70. The Hall–Kier alpha value is -1.56. The monoisotopic (exact) mass is 259 g/mol. The maximum atomic E-state index is 13.0. The molecule has 0 spiro atoms. The number of carbonyl (C=O) groups excluding carboxylic acids is 1. The quantitative estimate of drug-likeness (QED) is 0.836. The largest absolute Gasteiger partial charge is 0.395 e. The van der Waals surface area contributed by atoms with Crippen molar-refractivity contribution in [3.8, 4) is 0 Å². The summed E-state index contributed by atoms with van der Waals surface area (Å²) < 4.78 is 38.8. The second-order valence-corrected chi connectivity index (χ2v) is 4.21. The number of nitrogens with zero attached hydrogens (tertiary/aromatic N) is 1. The minimum Gasteiger partial charge on any atom is -0.395 e. The van der Waals surface area contributed by atoms with E-state index in [2.05, 4.69) is 0 Å². The maximum Gasteiger partial charge on any atom is 0.254 e. The van der Waals surface area contributed by atoms with Crippen molar-refractivity contribution in [2.45, 2.75) is 18.9 Å². The molecule has 0 aliphatic heterocycles. The van der Waals surface area contributed by atoms with Gasteiger partial charge in [-0.1, -0.05) is 0 Å². The molecule has 18 heavy (non-hydrogen) atoms. The van der Waals surface area contributed by atoms with Gasteiger partial charge in [0.05, 0.1) is 6.61 Å².